The molecule has 0 saturated carbocycles. The summed E-state index contributed by atoms with van der Waals surface area (Å²) in [5.41, 5.74) is 1.68. The molecule has 0 aliphatic carbocycles. The highest BCUT2D eigenvalue weighted by Gasteiger charge is 2.12. The van der Waals surface area contributed by atoms with Crippen molar-refractivity contribution in [1.82, 2.24) is 0 Å². The first kappa shape index (κ1) is 14.2. The predicted molar refractivity (Wildman–Crippen MR) is 77.9 cm³/mol. The molecule has 0 unspecified atom stereocenters. The highest BCUT2D eigenvalue weighted by atomic mass is 79.9. The molecule has 5 heteroatoms. The molecule has 0 radical (unpaired) electrons. The Morgan fingerprint density at radius 3 is 2.65 bits per heavy atom. The van der Waals surface area contributed by atoms with Gasteiger partial charge >= 0.3 is 0 Å². The van der Waals surface area contributed by atoms with E-state index < -0.39 is 11.7 Å². The molecule has 0 bridgehead atoms. The van der Waals surface area contributed by atoms with E-state index in [0.717, 1.165) is 11.6 Å². The molecule has 20 heavy (non-hydrogen) atoms. The number of nitriles is 1. The molecule has 0 aliphatic rings. The number of nitrogens with zero attached hydrogens (tertiary/aromatic N) is 1. The molecule has 1 N–H and O–H groups in total. The van der Waals surface area contributed by atoms with Crippen LogP contribution < -0.4 is 5.32 Å². The third-order valence-corrected chi connectivity index (χ3v) is 3.37. The predicted octanol–water partition coefficient (Wildman–Crippen LogP) is 4.02. The summed E-state index contributed by atoms with van der Waals surface area (Å²) in [5, 5.41) is 11.1. The molecule has 0 heterocycles. The number of hydrogen-bond donors (Lipinski definition) is 1. The van der Waals surface area contributed by atoms with Crippen molar-refractivity contribution >= 4 is 27.5 Å². The highest BCUT2D eigenvalue weighted by molar-refractivity contribution is 9.10. The van der Waals surface area contributed by atoms with Crippen molar-refractivity contribution in [3.8, 4) is 6.07 Å². The Morgan fingerprint density at radius 1 is 1.30 bits per heavy atom. The normalized spacial score (nSPS) is 9.90. The number of aryl methyl sites for hydroxylation is 1. The zero-order valence-electron chi connectivity index (χ0n) is 10.6. The number of carbonyl (C=O) groups excluding carboxylic acids is 1. The minimum atomic E-state index is -0.638. The van der Waals surface area contributed by atoms with E-state index in [4.69, 9.17) is 5.26 Å². The van der Waals surface area contributed by atoms with E-state index >= 15 is 0 Å². The number of carbonyl (C=O) groups is 1. The maximum atomic E-state index is 13.7. The van der Waals surface area contributed by atoms with Crippen LogP contribution in [0.25, 0.3) is 0 Å². The minimum absolute atomic E-state index is 0.0430. The van der Waals surface area contributed by atoms with Gasteiger partial charge in [-0.15, -0.1) is 0 Å². The smallest absolute Gasteiger partial charge is 0.256 e. The molecular weight excluding hydrogens is 323 g/mol. The molecule has 100 valence electrons. The SMILES string of the molecule is Cc1ccc(C(=O)Nc2ccc(C#N)cc2F)c(Br)c1. The zero-order valence-corrected chi connectivity index (χ0v) is 12.2. The van der Waals surface area contributed by atoms with E-state index in [9.17, 15) is 9.18 Å². The number of anilines is 1. The van der Waals surface area contributed by atoms with Crippen LogP contribution in [0, 0.1) is 24.1 Å². The van der Waals surface area contributed by atoms with Crippen molar-refractivity contribution in [3.05, 3.63) is 63.4 Å². The van der Waals surface area contributed by atoms with Gasteiger partial charge in [-0.25, -0.2) is 4.39 Å². The quantitative estimate of drug-likeness (QED) is 0.902. The lowest BCUT2D eigenvalue weighted by Gasteiger charge is -2.08. The summed E-state index contributed by atoms with van der Waals surface area (Å²) >= 11 is 3.30. The van der Waals surface area contributed by atoms with Gasteiger partial charge in [0, 0.05) is 4.47 Å². The fourth-order valence-corrected chi connectivity index (χ4v) is 2.35. The van der Waals surface area contributed by atoms with Gasteiger partial charge in [-0.05, 0) is 58.7 Å². The summed E-state index contributed by atoms with van der Waals surface area (Å²) in [4.78, 5) is 12.1. The first-order chi connectivity index (χ1) is 9.51. The van der Waals surface area contributed by atoms with Gasteiger partial charge in [0.15, 0.2) is 0 Å². The van der Waals surface area contributed by atoms with Gasteiger partial charge in [-0.2, -0.15) is 5.26 Å². The minimum Gasteiger partial charge on any atom is -0.319 e. The van der Waals surface area contributed by atoms with Gasteiger partial charge < -0.3 is 5.32 Å². The second-order valence-corrected chi connectivity index (χ2v) is 5.10. The standard InChI is InChI=1S/C15H10BrFN2O/c1-9-2-4-11(12(16)6-9)15(20)19-14-5-3-10(8-18)7-13(14)17/h2-7H,1H3,(H,19,20). The average Bonchev–Trinajstić information content (AvgIpc) is 2.40. The second-order valence-electron chi connectivity index (χ2n) is 4.24. The van der Waals surface area contributed by atoms with Gasteiger partial charge in [0.25, 0.3) is 5.91 Å². The molecule has 3 nitrogen and oxygen atoms in total. The Morgan fingerprint density at radius 2 is 2.05 bits per heavy atom. The van der Waals surface area contributed by atoms with E-state index in [1.165, 1.54) is 12.1 Å². The highest BCUT2D eigenvalue weighted by Crippen LogP contribution is 2.21. The Balaban J connectivity index is 2.26. The fraction of sp³-hybridized carbons (Fsp3) is 0.0667. The van der Waals surface area contributed by atoms with Gasteiger partial charge in [-0.1, -0.05) is 6.07 Å². The van der Waals surface area contributed by atoms with Crippen molar-refractivity contribution in [1.29, 1.82) is 5.26 Å². The van der Waals surface area contributed by atoms with Crippen LogP contribution in [0.2, 0.25) is 0 Å². The number of hydrogen-bond acceptors (Lipinski definition) is 2. The van der Waals surface area contributed by atoms with Crippen LogP contribution in [0.15, 0.2) is 40.9 Å². The van der Waals surface area contributed by atoms with E-state index in [-0.39, 0.29) is 11.3 Å². The molecule has 1 amide bonds. The Bertz CT molecular complexity index is 722. The summed E-state index contributed by atoms with van der Waals surface area (Å²) in [6.07, 6.45) is 0. The number of halogens is 2. The lowest BCUT2D eigenvalue weighted by molar-refractivity contribution is 0.102. The van der Waals surface area contributed by atoms with Gasteiger partial charge in [-0.3, -0.25) is 4.79 Å². The van der Waals surface area contributed by atoms with Gasteiger partial charge in [0.05, 0.1) is 22.9 Å². The lowest BCUT2D eigenvalue weighted by Crippen LogP contribution is -2.13. The van der Waals surface area contributed by atoms with E-state index in [0.29, 0.717) is 10.0 Å². The average molecular weight is 333 g/mol. The monoisotopic (exact) mass is 332 g/mol. The fourth-order valence-electron chi connectivity index (χ4n) is 1.68. The van der Waals surface area contributed by atoms with Crippen LogP contribution in [-0.2, 0) is 0 Å². The number of amides is 1. The molecule has 0 aromatic heterocycles. The number of benzene rings is 2. The van der Waals surface area contributed by atoms with Crippen LogP contribution in [0.4, 0.5) is 10.1 Å². The molecular formula is C15H10BrFN2O. The number of rotatable bonds is 2. The number of nitrogens with one attached hydrogen (secondary N) is 1. The maximum absolute atomic E-state index is 13.7. The van der Waals surface area contributed by atoms with Crippen LogP contribution in [0.5, 0.6) is 0 Å². The summed E-state index contributed by atoms with van der Waals surface area (Å²) < 4.78 is 14.3. The molecule has 0 atom stereocenters. The molecule has 0 aliphatic heterocycles. The van der Waals surface area contributed by atoms with E-state index in [2.05, 4.69) is 21.2 Å². The lowest BCUT2D eigenvalue weighted by atomic mass is 10.1. The van der Waals surface area contributed by atoms with Crippen molar-refractivity contribution in [3.63, 3.8) is 0 Å². The van der Waals surface area contributed by atoms with Crippen molar-refractivity contribution in [2.45, 2.75) is 6.92 Å². The first-order valence-corrected chi connectivity index (χ1v) is 6.57. The summed E-state index contributed by atoms with van der Waals surface area (Å²) in [6, 6.07) is 11.0. The van der Waals surface area contributed by atoms with Crippen molar-refractivity contribution < 1.29 is 9.18 Å². The molecule has 0 fully saturated rings. The van der Waals surface area contributed by atoms with Crippen molar-refractivity contribution in [2.75, 3.05) is 5.32 Å². The van der Waals surface area contributed by atoms with Crippen LogP contribution in [0.1, 0.15) is 21.5 Å². The topological polar surface area (TPSA) is 52.9 Å². The summed E-state index contributed by atoms with van der Waals surface area (Å²) in [5.74, 6) is -1.05. The van der Waals surface area contributed by atoms with Crippen LogP contribution >= 0.6 is 15.9 Å². The largest absolute Gasteiger partial charge is 0.319 e. The van der Waals surface area contributed by atoms with E-state index in [1.54, 1.807) is 12.1 Å². The third kappa shape index (κ3) is 3.03. The molecule has 2 aromatic carbocycles. The van der Waals surface area contributed by atoms with E-state index in [1.807, 2.05) is 19.1 Å². The molecule has 0 spiro atoms. The molecule has 2 rings (SSSR count). The van der Waals surface area contributed by atoms with Crippen LogP contribution in [0.3, 0.4) is 0 Å². The first-order valence-electron chi connectivity index (χ1n) is 5.78. The Kier molecular flexibility index (Phi) is 4.16. The maximum Gasteiger partial charge on any atom is 0.256 e. The Labute approximate surface area is 124 Å². The zero-order chi connectivity index (χ0) is 14.7. The van der Waals surface area contributed by atoms with Crippen LogP contribution in [-0.4, -0.2) is 5.91 Å². The molecule has 2 aromatic rings. The van der Waals surface area contributed by atoms with Gasteiger partial charge in [0.1, 0.15) is 5.82 Å². The summed E-state index contributed by atoms with van der Waals surface area (Å²) in [7, 11) is 0. The summed E-state index contributed by atoms with van der Waals surface area (Å²) in [6.45, 7) is 1.91. The third-order valence-electron chi connectivity index (χ3n) is 2.72. The van der Waals surface area contributed by atoms with Crippen molar-refractivity contribution in [2.24, 2.45) is 0 Å². The molecule has 0 saturated heterocycles. The van der Waals surface area contributed by atoms with Gasteiger partial charge in [0.2, 0.25) is 0 Å². The second kappa shape index (κ2) is 5.85. The Hall–Kier alpha value is -2.19.